The van der Waals surface area contributed by atoms with Crippen LogP contribution in [0.2, 0.25) is 0 Å². The summed E-state index contributed by atoms with van der Waals surface area (Å²) in [6, 6.07) is -0.476. The second kappa shape index (κ2) is 4.92. The van der Waals surface area contributed by atoms with E-state index in [4.69, 9.17) is 15.6 Å². The van der Waals surface area contributed by atoms with Crippen molar-refractivity contribution in [1.29, 1.82) is 0 Å². The van der Waals surface area contributed by atoms with Gasteiger partial charge in [-0.15, -0.1) is 0 Å². The van der Waals surface area contributed by atoms with Crippen LogP contribution in [0.5, 0.6) is 0 Å². The van der Waals surface area contributed by atoms with Crippen molar-refractivity contribution < 1.29 is 23.4 Å². The number of aromatic nitrogens is 1. The normalized spacial score (nSPS) is 24.3. The number of fused-ring (bicyclic) bond motifs is 3. The van der Waals surface area contributed by atoms with Crippen LogP contribution in [0.15, 0.2) is 17.3 Å². The number of rotatable bonds is 2. The second-order valence-electron chi connectivity index (χ2n) is 4.77. The minimum absolute atomic E-state index is 0.0361. The van der Waals surface area contributed by atoms with Gasteiger partial charge in [-0.25, -0.2) is 23.6 Å². The van der Waals surface area contributed by atoms with E-state index in [1.165, 1.54) is 17.2 Å². The van der Waals surface area contributed by atoms with Crippen molar-refractivity contribution in [2.24, 2.45) is 10.7 Å². The number of ether oxygens (including phenoxy) is 1. The molecule has 0 unspecified atom stereocenters. The molecular weight excluding hydrogens is 286 g/mol. The molecule has 3 rings (SSSR count). The molecule has 2 atom stereocenters. The molecule has 21 heavy (non-hydrogen) atoms. The number of nitrogens with zero attached hydrogens (tertiary/aromatic N) is 3. The predicted molar refractivity (Wildman–Crippen MR) is 67.7 cm³/mol. The maximum Gasteiger partial charge on any atom is 0.354 e. The number of morpholine rings is 1. The van der Waals surface area contributed by atoms with E-state index >= 15 is 0 Å². The number of carbonyl (C=O) groups is 1. The number of hydrogen-bond donors (Lipinski definition) is 2. The topological polar surface area (TPSA) is 101 Å². The highest BCUT2D eigenvalue weighted by Crippen LogP contribution is 2.38. The van der Waals surface area contributed by atoms with E-state index < -0.39 is 24.5 Å². The first-order valence-electron chi connectivity index (χ1n) is 6.20. The van der Waals surface area contributed by atoms with Crippen LogP contribution in [-0.4, -0.2) is 52.6 Å². The van der Waals surface area contributed by atoms with Gasteiger partial charge in [-0.1, -0.05) is 0 Å². The Hall–Kier alpha value is -2.29. The fourth-order valence-corrected chi connectivity index (χ4v) is 2.58. The van der Waals surface area contributed by atoms with Crippen LogP contribution in [0.4, 0.5) is 14.5 Å². The maximum atomic E-state index is 13.1. The number of carboxylic acid groups (broad SMARTS) is 1. The van der Waals surface area contributed by atoms with Gasteiger partial charge in [0.2, 0.25) is 0 Å². The van der Waals surface area contributed by atoms with E-state index in [0.29, 0.717) is 11.3 Å². The monoisotopic (exact) mass is 298 g/mol. The first kappa shape index (κ1) is 13.7. The highest BCUT2D eigenvalue weighted by Gasteiger charge is 2.41. The van der Waals surface area contributed by atoms with Crippen LogP contribution in [0.3, 0.4) is 0 Å². The molecule has 1 fully saturated rings. The Labute approximate surface area is 118 Å². The van der Waals surface area contributed by atoms with Gasteiger partial charge in [-0.3, -0.25) is 0 Å². The lowest BCUT2D eigenvalue weighted by atomic mass is 9.99. The smallest absolute Gasteiger partial charge is 0.354 e. The zero-order valence-corrected chi connectivity index (χ0v) is 10.7. The Kier molecular flexibility index (Phi) is 3.20. The summed E-state index contributed by atoms with van der Waals surface area (Å²) in [5.74, 6) is -1.24. The van der Waals surface area contributed by atoms with Crippen LogP contribution >= 0.6 is 0 Å². The number of carboxylic acids is 1. The minimum Gasteiger partial charge on any atom is -0.477 e. The van der Waals surface area contributed by atoms with Gasteiger partial charge >= 0.3 is 5.97 Å². The third-order valence-electron chi connectivity index (χ3n) is 3.54. The Morgan fingerprint density at radius 2 is 2.29 bits per heavy atom. The van der Waals surface area contributed by atoms with Crippen molar-refractivity contribution in [3.8, 4) is 0 Å². The molecule has 2 aliphatic rings. The summed E-state index contributed by atoms with van der Waals surface area (Å²) in [5.41, 5.74) is 6.44. The number of guanidine groups is 1. The molecule has 9 heteroatoms. The quantitative estimate of drug-likeness (QED) is 0.835. The molecule has 0 spiro atoms. The van der Waals surface area contributed by atoms with Crippen LogP contribution in [0.1, 0.15) is 22.1 Å². The third kappa shape index (κ3) is 2.19. The summed E-state index contributed by atoms with van der Waals surface area (Å²) in [7, 11) is 0. The van der Waals surface area contributed by atoms with Crippen LogP contribution < -0.4 is 5.73 Å². The number of alkyl halides is 2. The lowest BCUT2D eigenvalue weighted by Crippen LogP contribution is -2.57. The van der Waals surface area contributed by atoms with E-state index in [9.17, 15) is 13.6 Å². The van der Waals surface area contributed by atoms with Crippen molar-refractivity contribution in [1.82, 2.24) is 9.88 Å². The Balaban J connectivity index is 2.08. The van der Waals surface area contributed by atoms with Gasteiger partial charge in [0.15, 0.2) is 5.96 Å². The molecule has 0 aliphatic carbocycles. The second-order valence-corrected chi connectivity index (χ2v) is 4.77. The fourth-order valence-electron chi connectivity index (χ4n) is 2.58. The van der Waals surface area contributed by atoms with Gasteiger partial charge in [-0.05, 0) is 6.07 Å². The minimum atomic E-state index is -2.65. The van der Waals surface area contributed by atoms with Crippen molar-refractivity contribution in [3.63, 3.8) is 0 Å². The van der Waals surface area contributed by atoms with Gasteiger partial charge in [0.1, 0.15) is 11.7 Å². The highest BCUT2D eigenvalue weighted by atomic mass is 19.3. The van der Waals surface area contributed by atoms with Gasteiger partial charge < -0.3 is 20.5 Å². The van der Waals surface area contributed by atoms with E-state index in [0.717, 1.165) is 0 Å². The summed E-state index contributed by atoms with van der Waals surface area (Å²) < 4.78 is 31.4. The van der Waals surface area contributed by atoms with E-state index in [2.05, 4.69) is 9.98 Å². The lowest BCUT2D eigenvalue weighted by Gasteiger charge is -2.44. The van der Waals surface area contributed by atoms with Gasteiger partial charge in [0.25, 0.3) is 6.43 Å². The molecule has 3 N–H and O–H groups in total. The lowest BCUT2D eigenvalue weighted by molar-refractivity contribution is -0.0730. The number of aliphatic imine (C=N–C) groups is 1. The molecule has 7 nitrogen and oxygen atoms in total. The number of nitrogens with two attached hydrogens (primary N) is 1. The molecule has 0 radical (unpaired) electrons. The van der Waals surface area contributed by atoms with Crippen molar-refractivity contribution >= 4 is 17.6 Å². The molecular formula is C12H12F2N4O3. The molecule has 3 heterocycles. The number of halogens is 2. The van der Waals surface area contributed by atoms with Crippen LogP contribution in [0, 0.1) is 0 Å². The summed E-state index contributed by atoms with van der Waals surface area (Å²) in [6.45, 7) is -0.0217. The number of hydrogen-bond acceptors (Lipinski definition) is 6. The van der Waals surface area contributed by atoms with Crippen molar-refractivity contribution in [2.75, 3.05) is 13.2 Å². The van der Waals surface area contributed by atoms with Gasteiger partial charge in [0, 0.05) is 5.56 Å². The summed E-state index contributed by atoms with van der Waals surface area (Å²) in [5, 5.41) is 8.99. The SMILES string of the molecule is NC1=Nc2cnc(C(=O)O)cc2[C@@H]2COC[C@@H](C(F)F)N12. The molecule has 1 aromatic heterocycles. The average Bonchev–Trinajstić information content (AvgIpc) is 2.46. The van der Waals surface area contributed by atoms with Crippen molar-refractivity contribution in [3.05, 3.63) is 23.5 Å². The molecule has 1 saturated heterocycles. The summed E-state index contributed by atoms with van der Waals surface area (Å²) in [4.78, 5) is 20.1. The van der Waals surface area contributed by atoms with Crippen molar-refractivity contribution in [2.45, 2.75) is 18.5 Å². The maximum absolute atomic E-state index is 13.1. The van der Waals surface area contributed by atoms with E-state index in [1.807, 2.05) is 0 Å². The Morgan fingerprint density at radius 3 is 2.95 bits per heavy atom. The zero-order valence-electron chi connectivity index (χ0n) is 10.7. The van der Waals surface area contributed by atoms with E-state index in [1.54, 1.807) is 0 Å². The van der Waals surface area contributed by atoms with Crippen LogP contribution in [-0.2, 0) is 4.74 Å². The average molecular weight is 298 g/mol. The molecule has 112 valence electrons. The first-order chi connectivity index (χ1) is 9.99. The van der Waals surface area contributed by atoms with Gasteiger partial charge in [0.05, 0.1) is 31.1 Å². The number of aromatic carboxylic acids is 1. The molecule has 1 aromatic rings. The Bertz CT molecular complexity index is 623. The van der Waals surface area contributed by atoms with Gasteiger partial charge in [-0.2, -0.15) is 0 Å². The standard InChI is InChI=1S/C12H12F2N4O3/c13-10(14)9-4-21-3-8-5-1-6(11(19)20)16-2-7(5)17-12(15)18(8)9/h1-2,8-10H,3-4H2,(H2,15,17)(H,19,20)/t8-,9-/m0/s1. The first-order valence-corrected chi connectivity index (χ1v) is 6.20. The predicted octanol–water partition coefficient (Wildman–Crippen LogP) is 0.747. The molecule has 0 amide bonds. The summed E-state index contributed by atoms with van der Waals surface area (Å²) in [6.07, 6.45) is -1.38. The molecule has 0 saturated carbocycles. The molecule has 2 aliphatic heterocycles. The summed E-state index contributed by atoms with van der Waals surface area (Å²) >= 11 is 0. The third-order valence-corrected chi connectivity index (χ3v) is 3.54. The fraction of sp³-hybridized carbons (Fsp3) is 0.417. The molecule has 0 bridgehead atoms. The van der Waals surface area contributed by atoms with E-state index in [-0.39, 0.29) is 24.9 Å². The largest absolute Gasteiger partial charge is 0.477 e. The zero-order chi connectivity index (χ0) is 15.1. The highest BCUT2D eigenvalue weighted by molar-refractivity contribution is 5.88. The van der Waals surface area contributed by atoms with Crippen LogP contribution in [0.25, 0.3) is 0 Å². The number of pyridine rings is 1. The molecule has 0 aromatic carbocycles. The Morgan fingerprint density at radius 1 is 1.52 bits per heavy atom.